The van der Waals surface area contributed by atoms with Gasteiger partial charge in [-0.1, -0.05) is 49.4 Å². The molecule has 0 radical (unpaired) electrons. The van der Waals surface area contributed by atoms with Crippen molar-refractivity contribution < 1.29 is 4.74 Å². The summed E-state index contributed by atoms with van der Waals surface area (Å²) >= 11 is 0. The summed E-state index contributed by atoms with van der Waals surface area (Å²) in [5.74, 6) is 1.80. The Morgan fingerprint density at radius 2 is 1.81 bits per heavy atom. The minimum atomic E-state index is 0.790. The molecule has 140 valence electrons. The maximum Gasteiger partial charge on any atom is 0.123 e. The highest BCUT2D eigenvalue weighted by Crippen LogP contribution is 2.23. The van der Waals surface area contributed by atoms with Crippen molar-refractivity contribution in [3.05, 3.63) is 65.2 Å². The minimum Gasteiger partial charge on any atom is -0.496 e. The van der Waals surface area contributed by atoms with Crippen molar-refractivity contribution in [1.82, 2.24) is 10.2 Å². The van der Waals surface area contributed by atoms with Crippen LogP contribution in [0.4, 0.5) is 0 Å². The third kappa shape index (κ3) is 5.33. The van der Waals surface area contributed by atoms with E-state index in [0.29, 0.717) is 0 Å². The van der Waals surface area contributed by atoms with Crippen molar-refractivity contribution in [2.24, 2.45) is 5.92 Å². The van der Waals surface area contributed by atoms with Crippen molar-refractivity contribution in [2.45, 2.75) is 39.3 Å². The molecule has 1 aliphatic rings. The van der Waals surface area contributed by atoms with Gasteiger partial charge in [0.15, 0.2) is 0 Å². The zero-order chi connectivity index (χ0) is 18.2. The van der Waals surface area contributed by atoms with Gasteiger partial charge in [-0.2, -0.15) is 0 Å². The largest absolute Gasteiger partial charge is 0.496 e. The molecule has 0 unspecified atom stereocenters. The predicted molar refractivity (Wildman–Crippen MR) is 109 cm³/mol. The van der Waals surface area contributed by atoms with Gasteiger partial charge in [0.2, 0.25) is 0 Å². The molecule has 26 heavy (non-hydrogen) atoms. The highest BCUT2D eigenvalue weighted by Gasteiger charge is 2.19. The lowest BCUT2D eigenvalue weighted by molar-refractivity contribution is 0.174. The van der Waals surface area contributed by atoms with E-state index >= 15 is 0 Å². The predicted octanol–water partition coefficient (Wildman–Crippen LogP) is 4.26. The van der Waals surface area contributed by atoms with Crippen LogP contribution in [0.1, 0.15) is 36.5 Å². The van der Waals surface area contributed by atoms with E-state index in [9.17, 15) is 0 Å². The molecule has 0 aromatic heterocycles. The number of ether oxygens (including phenoxy) is 1. The van der Waals surface area contributed by atoms with E-state index in [1.807, 2.05) is 6.07 Å². The van der Waals surface area contributed by atoms with E-state index in [1.54, 1.807) is 7.11 Å². The summed E-state index contributed by atoms with van der Waals surface area (Å²) < 4.78 is 5.48. The standard InChI is InChI=1S/C23H32N2O/c1-3-19-7-6-8-21(15-19)17-24-16-20-11-13-25(14-12-20)18-22-9-4-5-10-23(22)26-2/h4-10,15,20,24H,3,11-14,16-18H2,1-2H3. The second-order valence-electron chi connectivity index (χ2n) is 7.34. The number of methoxy groups -OCH3 is 1. The molecule has 1 saturated heterocycles. The highest BCUT2D eigenvalue weighted by molar-refractivity contribution is 5.33. The third-order valence-electron chi connectivity index (χ3n) is 5.46. The number of benzene rings is 2. The van der Waals surface area contributed by atoms with Crippen molar-refractivity contribution in [3.8, 4) is 5.75 Å². The Morgan fingerprint density at radius 3 is 2.58 bits per heavy atom. The van der Waals surface area contributed by atoms with Gasteiger partial charge in [-0.3, -0.25) is 4.90 Å². The van der Waals surface area contributed by atoms with E-state index < -0.39 is 0 Å². The lowest BCUT2D eigenvalue weighted by Gasteiger charge is -2.32. The van der Waals surface area contributed by atoms with Gasteiger partial charge in [-0.15, -0.1) is 0 Å². The maximum absolute atomic E-state index is 5.48. The summed E-state index contributed by atoms with van der Waals surface area (Å²) in [5, 5.41) is 3.67. The minimum absolute atomic E-state index is 0.790. The molecule has 0 amide bonds. The number of para-hydroxylation sites is 1. The van der Waals surface area contributed by atoms with E-state index in [1.165, 1.54) is 42.6 Å². The number of rotatable bonds is 8. The molecule has 1 N–H and O–H groups in total. The molecule has 1 heterocycles. The molecule has 3 nitrogen and oxygen atoms in total. The number of nitrogens with one attached hydrogen (secondary N) is 1. The van der Waals surface area contributed by atoms with Gasteiger partial charge in [0, 0.05) is 18.7 Å². The van der Waals surface area contributed by atoms with Crippen molar-refractivity contribution >= 4 is 0 Å². The van der Waals surface area contributed by atoms with Gasteiger partial charge >= 0.3 is 0 Å². The summed E-state index contributed by atoms with van der Waals surface area (Å²) in [6.07, 6.45) is 3.66. The average Bonchev–Trinajstić information content (AvgIpc) is 2.70. The zero-order valence-corrected chi connectivity index (χ0v) is 16.2. The summed E-state index contributed by atoms with van der Waals surface area (Å²) in [5.41, 5.74) is 4.12. The Kier molecular flexibility index (Phi) is 7.10. The number of piperidine rings is 1. The van der Waals surface area contributed by atoms with Crippen LogP contribution in [0.25, 0.3) is 0 Å². The molecule has 0 atom stereocenters. The second-order valence-corrected chi connectivity index (χ2v) is 7.34. The fourth-order valence-corrected chi connectivity index (χ4v) is 3.80. The van der Waals surface area contributed by atoms with Gasteiger partial charge < -0.3 is 10.1 Å². The lowest BCUT2D eigenvalue weighted by atomic mass is 9.96. The van der Waals surface area contributed by atoms with Crippen molar-refractivity contribution in [2.75, 3.05) is 26.7 Å². The lowest BCUT2D eigenvalue weighted by Crippen LogP contribution is -2.36. The smallest absolute Gasteiger partial charge is 0.123 e. The molecule has 0 bridgehead atoms. The van der Waals surface area contributed by atoms with E-state index in [4.69, 9.17) is 4.74 Å². The highest BCUT2D eigenvalue weighted by atomic mass is 16.5. The van der Waals surface area contributed by atoms with E-state index in [2.05, 4.69) is 59.6 Å². The van der Waals surface area contributed by atoms with Crippen LogP contribution >= 0.6 is 0 Å². The van der Waals surface area contributed by atoms with Crippen LogP contribution in [-0.2, 0) is 19.5 Å². The summed E-state index contributed by atoms with van der Waals surface area (Å²) in [7, 11) is 1.76. The normalized spacial score (nSPS) is 15.9. The Morgan fingerprint density at radius 1 is 1.04 bits per heavy atom. The van der Waals surface area contributed by atoms with Crippen LogP contribution in [0, 0.1) is 5.92 Å². The summed E-state index contributed by atoms with van der Waals surface area (Å²) in [6.45, 7) is 7.67. The SMILES string of the molecule is CCc1cccc(CNCC2CCN(Cc3ccccc3OC)CC2)c1. The molecule has 3 rings (SSSR count). The van der Waals surface area contributed by atoms with Gasteiger partial charge in [0.05, 0.1) is 7.11 Å². The monoisotopic (exact) mass is 352 g/mol. The van der Waals surface area contributed by atoms with Gasteiger partial charge in [-0.25, -0.2) is 0 Å². The van der Waals surface area contributed by atoms with Crippen molar-refractivity contribution in [1.29, 1.82) is 0 Å². The molecule has 0 saturated carbocycles. The maximum atomic E-state index is 5.48. The molecule has 0 spiro atoms. The molecular formula is C23H32N2O. The van der Waals surface area contributed by atoms with Crippen LogP contribution in [0.5, 0.6) is 5.75 Å². The van der Waals surface area contributed by atoms with Gasteiger partial charge in [0.25, 0.3) is 0 Å². The fraction of sp³-hybridized carbons (Fsp3) is 0.478. The Labute approximate surface area is 158 Å². The Bertz CT molecular complexity index is 677. The molecule has 1 fully saturated rings. The third-order valence-corrected chi connectivity index (χ3v) is 5.46. The Balaban J connectivity index is 1.39. The Hall–Kier alpha value is -1.84. The zero-order valence-electron chi connectivity index (χ0n) is 16.2. The topological polar surface area (TPSA) is 24.5 Å². The van der Waals surface area contributed by atoms with Crippen LogP contribution in [0.2, 0.25) is 0 Å². The number of hydrogen-bond donors (Lipinski definition) is 1. The summed E-state index contributed by atoms with van der Waals surface area (Å²) in [4.78, 5) is 2.55. The van der Waals surface area contributed by atoms with Crippen LogP contribution in [0.15, 0.2) is 48.5 Å². The first-order valence-electron chi connectivity index (χ1n) is 9.91. The van der Waals surface area contributed by atoms with Crippen molar-refractivity contribution in [3.63, 3.8) is 0 Å². The first-order valence-corrected chi connectivity index (χ1v) is 9.91. The second kappa shape index (κ2) is 9.75. The fourth-order valence-electron chi connectivity index (χ4n) is 3.80. The molecular weight excluding hydrogens is 320 g/mol. The van der Waals surface area contributed by atoms with Gasteiger partial charge in [-0.05, 0) is 62.0 Å². The number of aryl methyl sites for hydroxylation is 1. The number of nitrogens with zero attached hydrogens (tertiary/aromatic N) is 1. The average molecular weight is 353 g/mol. The van der Waals surface area contributed by atoms with Crippen LogP contribution in [0.3, 0.4) is 0 Å². The first-order chi connectivity index (χ1) is 12.8. The van der Waals surface area contributed by atoms with E-state index in [-0.39, 0.29) is 0 Å². The molecule has 1 aliphatic heterocycles. The number of likely N-dealkylation sites (tertiary alicyclic amines) is 1. The van der Waals surface area contributed by atoms with Crippen LogP contribution < -0.4 is 10.1 Å². The van der Waals surface area contributed by atoms with E-state index in [0.717, 1.165) is 37.7 Å². The quantitative estimate of drug-likeness (QED) is 0.768. The molecule has 2 aromatic rings. The molecule has 2 aromatic carbocycles. The molecule has 3 heteroatoms. The van der Waals surface area contributed by atoms with Crippen LogP contribution in [-0.4, -0.2) is 31.6 Å². The summed E-state index contributed by atoms with van der Waals surface area (Å²) in [6, 6.07) is 17.3. The molecule has 0 aliphatic carbocycles. The first kappa shape index (κ1) is 18.9. The number of hydrogen-bond acceptors (Lipinski definition) is 3. The van der Waals surface area contributed by atoms with Gasteiger partial charge in [0.1, 0.15) is 5.75 Å².